The predicted molar refractivity (Wildman–Crippen MR) is 80.3 cm³/mol. The number of nitrogens with one attached hydrogen (secondary N) is 2. The van der Waals surface area contributed by atoms with Crippen molar-refractivity contribution in [2.45, 2.75) is 18.9 Å². The molecule has 1 heterocycles. The van der Waals surface area contributed by atoms with Gasteiger partial charge < -0.3 is 15.4 Å². The van der Waals surface area contributed by atoms with Crippen molar-refractivity contribution in [1.82, 2.24) is 10.6 Å². The summed E-state index contributed by atoms with van der Waals surface area (Å²) in [4.78, 5) is 11.7. The SMILES string of the molecule is COc1ccccc1CCNC(=O)N[C@H]1CCS(=O)(=O)C1. The first-order valence-corrected chi connectivity index (χ1v) is 8.69. The van der Waals surface area contributed by atoms with Crippen molar-refractivity contribution in [3.63, 3.8) is 0 Å². The van der Waals surface area contributed by atoms with Gasteiger partial charge in [-0.25, -0.2) is 13.2 Å². The van der Waals surface area contributed by atoms with Crippen molar-refractivity contribution in [1.29, 1.82) is 0 Å². The molecule has 0 spiro atoms. The number of hydrogen-bond acceptors (Lipinski definition) is 4. The van der Waals surface area contributed by atoms with Crippen LogP contribution in [0.15, 0.2) is 24.3 Å². The van der Waals surface area contributed by atoms with Gasteiger partial charge in [-0.2, -0.15) is 0 Å². The lowest BCUT2D eigenvalue weighted by atomic mass is 10.1. The molecule has 1 aliphatic rings. The van der Waals surface area contributed by atoms with Gasteiger partial charge in [0.05, 0.1) is 18.6 Å². The Bertz CT molecular complexity index is 601. The number of rotatable bonds is 5. The predicted octanol–water partition coefficient (Wildman–Crippen LogP) is 0.724. The molecule has 0 radical (unpaired) electrons. The number of sulfone groups is 1. The summed E-state index contributed by atoms with van der Waals surface area (Å²) in [5, 5.41) is 5.43. The van der Waals surface area contributed by atoms with Gasteiger partial charge in [0, 0.05) is 12.6 Å². The summed E-state index contributed by atoms with van der Waals surface area (Å²) in [5.74, 6) is 0.980. The molecule has 0 saturated carbocycles. The number of para-hydroxylation sites is 1. The molecule has 1 saturated heterocycles. The van der Waals surface area contributed by atoms with Crippen LogP contribution in [0.5, 0.6) is 5.75 Å². The molecular weight excluding hydrogens is 292 g/mol. The molecule has 0 bridgehead atoms. The number of benzene rings is 1. The summed E-state index contributed by atoms with van der Waals surface area (Å²) < 4.78 is 27.9. The number of carbonyl (C=O) groups is 1. The fourth-order valence-electron chi connectivity index (χ4n) is 2.37. The zero-order chi connectivity index (χ0) is 15.3. The van der Waals surface area contributed by atoms with Crippen LogP contribution in [0.1, 0.15) is 12.0 Å². The van der Waals surface area contributed by atoms with E-state index in [1.807, 2.05) is 24.3 Å². The van der Waals surface area contributed by atoms with E-state index in [1.54, 1.807) is 7.11 Å². The Morgan fingerprint density at radius 2 is 2.14 bits per heavy atom. The van der Waals surface area contributed by atoms with Gasteiger partial charge in [0.2, 0.25) is 0 Å². The molecule has 0 aliphatic carbocycles. The Kier molecular flexibility index (Phi) is 5.06. The van der Waals surface area contributed by atoms with E-state index in [1.165, 1.54) is 0 Å². The first-order chi connectivity index (χ1) is 10.00. The topological polar surface area (TPSA) is 84.5 Å². The summed E-state index contributed by atoms with van der Waals surface area (Å²) in [7, 11) is -1.36. The van der Waals surface area contributed by atoms with Gasteiger partial charge in [-0.3, -0.25) is 0 Å². The summed E-state index contributed by atoms with van der Waals surface area (Å²) >= 11 is 0. The molecule has 1 atom stereocenters. The second-order valence-corrected chi connectivity index (χ2v) is 7.29. The van der Waals surface area contributed by atoms with Crippen molar-refractivity contribution in [3.8, 4) is 5.75 Å². The smallest absolute Gasteiger partial charge is 0.315 e. The molecule has 1 aromatic rings. The van der Waals surface area contributed by atoms with Gasteiger partial charge in [0.1, 0.15) is 5.75 Å². The van der Waals surface area contributed by atoms with Crippen LogP contribution in [0, 0.1) is 0 Å². The van der Waals surface area contributed by atoms with Gasteiger partial charge in [-0.1, -0.05) is 18.2 Å². The highest BCUT2D eigenvalue weighted by Gasteiger charge is 2.28. The van der Waals surface area contributed by atoms with E-state index < -0.39 is 9.84 Å². The molecule has 2 rings (SSSR count). The van der Waals surface area contributed by atoms with E-state index in [9.17, 15) is 13.2 Å². The number of urea groups is 1. The zero-order valence-corrected chi connectivity index (χ0v) is 12.8. The molecule has 0 aromatic heterocycles. The molecular formula is C14H20N2O4S. The minimum Gasteiger partial charge on any atom is -0.496 e. The number of carbonyl (C=O) groups excluding carboxylic acids is 1. The van der Waals surface area contributed by atoms with E-state index in [0.717, 1.165) is 11.3 Å². The van der Waals surface area contributed by atoms with E-state index in [2.05, 4.69) is 10.6 Å². The summed E-state index contributed by atoms with van der Waals surface area (Å²) in [6.45, 7) is 0.464. The van der Waals surface area contributed by atoms with Crippen molar-refractivity contribution in [3.05, 3.63) is 29.8 Å². The Morgan fingerprint density at radius 1 is 1.38 bits per heavy atom. The second kappa shape index (κ2) is 6.80. The van der Waals surface area contributed by atoms with Gasteiger partial charge in [0.15, 0.2) is 9.84 Å². The highest BCUT2D eigenvalue weighted by Crippen LogP contribution is 2.17. The van der Waals surface area contributed by atoms with Crippen molar-refractivity contribution >= 4 is 15.9 Å². The third-order valence-electron chi connectivity index (χ3n) is 3.44. The average Bonchev–Trinajstić information content (AvgIpc) is 2.78. The maximum Gasteiger partial charge on any atom is 0.315 e. The van der Waals surface area contributed by atoms with Crippen molar-refractivity contribution in [2.24, 2.45) is 0 Å². The van der Waals surface area contributed by atoms with E-state index in [-0.39, 0.29) is 23.6 Å². The lowest BCUT2D eigenvalue weighted by Crippen LogP contribution is -2.43. The lowest BCUT2D eigenvalue weighted by Gasteiger charge is -2.13. The number of methoxy groups -OCH3 is 1. The molecule has 21 heavy (non-hydrogen) atoms. The van der Waals surface area contributed by atoms with Crippen molar-refractivity contribution in [2.75, 3.05) is 25.2 Å². The first-order valence-electron chi connectivity index (χ1n) is 6.87. The number of amides is 2. The second-order valence-electron chi connectivity index (χ2n) is 5.06. The Morgan fingerprint density at radius 3 is 2.81 bits per heavy atom. The first kappa shape index (κ1) is 15.6. The average molecular weight is 312 g/mol. The molecule has 2 N–H and O–H groups in total. The summed E-state index contributed by atoms with van der Waals surface area (Å²) in [5.41, 5.74) is 1.02. The van der Waals surface area contributed by atoms with E-state index >= 15 is 0 Å². The maximum absolute atomic E-state index is 11.7. The van der Waals surface area contributed by atoms with Crippen LogP contribution >= 0.6 is 0 Å². The van der Waals surface area contributed by atoms with Gasteiger partial charge >= 0.3 is 6.03 Å². The molecule has 2 amide bonds. The summed E-state index contributed by atoms with van der Waals surface area (Å²) in [6.07, 6.45) is 1.14. The normalized spacial score (nSPS) is 20.0. The number of ether oxygens (including phenoxy) is 1. The Labute approximate surface area is 124 Å². The molecule has 116 valence electrons. The Hall–Kier alpha value is -1.76. The Balaban J connectivity index is 1.75. The van der Waals surface area contributed by atoms with Crippen LogP contribution in [-0.4, -0.2) is 45.7 Å². The third-order valence-corrected chi connectivity index (χ3v) is 5.21. The monoisotopic (exact) mass is 312 g/mol. The van der Waals surface area contributed by atoms with Crippen molar-refractivity contribution < 1.29 is 17.9 Å². The number of hydrogen-bond donors (Lipinski definition) is 2. The third kappa shape index (κ3) is 4.63. The molecule has 1 aliphatic heterocycles. The lowest BCUT2D eigenvalue weighted by molar-refractivity contribution is 0.238. The van der Waals surface area contributed by atoms with Gasteiger partial charge in [-0.05, 0) is 24.5 Å². The largest absolute Gasteiger partial charge is 0.496 e. The highest BCUT2D eigenvalue weighted by atomic mass is 32.2. The molecule has 7 heteroatoms. The van der Waals surface area contributed by atoms with Crippen LogP contribution in [-0.2, 0) is 16.3 Å². The van der Waals surface area contributed by atoms with Crippen LogP contribution in [0.4, 0.5) is 4.79 Å². The summed E-state index contributed by atoms with van der Waals surface area (Å²) in [6, 6.07) is 7.03. The molecule has 0 unspecified atom stereocenters. The molecule has 1 aromatic carbocycles. The van der Waals surface area contributed by atoms with Crippen LogP contribution in [0.2, 0.25) is 0 Å². The van der Waals surface area contributed by atoms with Crippen LogP contribution in [0.25, 0.3) is 0 Å². The zero-order valence-electron chi connectivity index (χ0n) is 12.0. The van der Waals surface area contributed by atoms with Gasteiger partial charge in [-0.15, -0.1) is 0 Å². The fraction of sp³-hybridized carbons (Fsp3) is 0.500. The molecule has 1 fully saturated rings. The van der Waals surface area contributed by atoms with E-state index in [0.29, 0.717) is 19.4 Å². The van der Waals surface area contributed by atoms with Gasteiger partial charge in [0.25, 0.3) is 0 Å². The maximum atomic E-state index is 11.7. The minimum atomic E-state index is -2.97. The fourth-order valence-corrected chi connectivity index (χ4v) is 4.04. The van der Waals surface area contributed by atoms with E-state index in [4.69, 9.17) is 4.74 Å². The standard InChI is InChI=1S/C14H20N2O4S/c1-20-13-5-3-2-4-11(13)6-8-15-14(17)16-12-7-9-21(18,19)10-12/h2-5,12H,6-10H2,1H3,(H2,15,16,17)/t12-/m0/s1. The highest BCUT2D eigenvalue weighted by molar-refractivity contribution is 7.91. The quantitative estimate of drug-likeness (QED) is 0.839. The van der Waals surface area contributed by atoms with Crippen LogP contribution < -0.4 is 15.4 Å². The van der Waals surface area contributed by atoms with Crippen LogP contribution in [0.3, 0.4) is 0 Å². The molecule has 6 nitrogen and oxygen atoms in total. The minimum absolute atomic E-state index is 0.0347.